The van der Waals surface area contributed by atoms with Crippen molar-refractivity contribution in [2.75, 3.05) is 0 Å². The summed E-state index contributed by atoms with van der Waals surface area (Å²) in [4.78, 5) is 0. The third-order valence-corrected chi connectivity index (χ3v) is 5.73. The lowest BCUT2D eigenvalue weighted by molar-refractivity contribution is 0.427. The molecular weight excluding hydrogens is 432 g/mol. The minimum Gasteiger partial charge on any atom is -0.106 e. The summed E-state index contributed by atoms with van der Waals surface area (Å²) >= 11 is 0. The molecule has 0 aliphatic heterocycles. The van der Waals surface area contributed by atoms with E-state index in [2.05, 4.69) is 105 Å². The largest absolute Gasteiger partial charge is 0.106 e. The van der Waals surface area contributed by atoms with Crippen LogP contribution in [0.5, 0.6) is 0 Å². The van der Waals surface area contributed by atoms with E-state index in [9.17, 15) is 0 Å². The van der Waals surface area contributed by atoms with E-state index in [0.29, 0.717) is 0 Å². The second kappa shape index (κ2) is 37.7. The Labute approximate surface area is 230 Å². The van der Waals surface area contributed by atoms with Crippen molar-refractivity contribution in [2.45, 2.75) is 133 Å². The highest BCUT2D eigenvalue weighted by molar-refractivity contribution is 5.14. The molecule has 0 spiro atoms. The van der Waals surface area contributed by atoms with Crippen LogP contribution in [0.15, 0.2) is 73.8 Å². The van der Waals surface area contributed by atoms with Gasteiger partial charge in [-0.25, -0.2) is 0 Å². The van der Waals surface area contributed by atoms with E-state index in [0.717, 1.165) is 18.3 Å². The van der Waals surface area contributed by atoms with Crippen molar-refractivity contribution in [1.82, 2.24) is 0 Å². The summed E-state index contributed by atoms with van der Waals surface area (Å²) in [5.41, 5.74) is 2.73. The Bertz CT molecular complexity index is 560. The standard InChI is InChI=1S/C9H20.C8H10.C8H18.C7H8.C2H6.C2H4/c1-4-7-9(6-3)8-5-2;1-2-8-6-4-3-5-7-8;1-4-6-8(3)7-5-2;1-7-5-3-2-4-6-7;2*1-2/h9H,4-8H2,1-3H3;3-7H,2H2,1H3;8H,4-7H2,1-3H3;2-6H,1H3;1-2H3;1-2H2. The molecule has 0 aromatic heterocycles. The lowest BCUT2D eigenvalue weighted by Gasteiger charge is -2.10. The minimum absolute atomic E-state index is 0.963. The molecule has 0 aliphatic carbocycles. The molecule has 0 radical (unpaired) electrons. The first-order valence-electron chi connectivity index (χ1n) is 15.0. The number of rotatable bonds is 10. The van der Waals surface area contributed by atoms with Gasteiger partial charge in [0.15, 0.2) is 0 Å². The van der Waals surface area contributed by atoms with Gasteiger partial charge in [-0.1, -0.05) is 186 Å². The van der Waals surface area contributed by atoms with Crippen molar-refractivity contribution in [2.24, 2.45) is 11.8 Å². The number of hydrogen-bond donors (Lipinski definition) is 0. The van der Waals surface area contributed by atoms with Crippen molar-refractivity contribution in [3.63, 3.8) is 0 Å². The van der Waals surface area contributed by atoms with Crippen molar-refractivity contribution >= 4 is 0 Å². The van der Waals surface area contributed by atoms with Gasteiger partial charge in [-0.3, -0.25) is 0 Å². The summed E-state index contributed by atoms with van der Waals surface area (Å²) in [6, 6.07) is 20.7. The van der Waals surface area contributed by atoms with Crippen molar-refractivity contribution in [3.05, 3.63) is 84.9 Å². The average Bonchev–Trinajstić information content (AvgIpc) is 2.93. The molecule has 0 heteroatoms. The minimum atomic E-state index is 0.963. The first-order chi connectivity index (χ1) is 17.5. The third kappa shape index (κ3) is 34.3. The van der Waals surface area contributed by atoms with Gasteiger partial charge in [0.1, 0.15) is 0 Å². The molecule has 2 rings (SSSR count). The zero-order valence-electron chi connectivity index (χ0n) is 26.4. The molecule has 0 saturated carbocycles. The second-order valence-corrected chi connectivity index (χ2v) is 9.03. The molecule has 0 amide bonds. The van der Waals surface area contributed by atoms with Gasteiger partial charge in [0.05, 0.1) is 0 Å². The van der Waals surface area contributed by atoms with E-state index in [1.165, 1.54) is 68.9 Å². The maximum absolute atomic E-state index is 3.00. The molecule has 0 unspecified atom stereocenters. The fraction of sp³-hybridized carbons (Fsp3) is 0.611. The summed E-state index contributed by atoms with van der Waals surface area (Å²) in [7, 11) is 0. The summed E-state index contributed by atoms with van der Waals surface area (Å²) in [6.45, 7) is 28.0. The molecule has 0 aliphatic rings. The third-order valence-electron chi connectivity index (χ3n) is 5.73. The maximum Gasteiger partial charge on any atom is -0.0307 e. The monoisotopic (exact) mass is 499 g/mol. The van der Waals surface area contributed by atoms with Crippen molar-refractivity contribution in [1.29, 1.82) is 0 Å². The van der Waals surface area contributed by atoms with Crippen LogP contribution in [0, 0.1) is 18.8 Å². The topological polar surface area (TPSA) is 0 Å². The van der Waals surface area contributed by atoms with E-state index in [4.69, 9.17) is 0 Å². The van der Waals surface area contributed by atoms with E-state index in [1.54, 1.807) is 0 Å². The summed E-state index contributed by atoms with van der Waals surface area (Å²) < 4.78 is 0. The highest BCUT2D eigenvalue weighted by atomic mass is 14.1. The van der Waals surface area contributed by atoms with Crippen LogP contribution in [-0.4, -0.2) is 0 Å². The fourth-order valence-electron chi connectivity index (χ4n) is 3.75. The lowest BCUT2D eigenvalue weighted by Crippen LogP contribution is -1.96. The summed E-state index contributed by atoms with van der Waals surface area (Å²) in [6.07, 6.45) is 13.6. The fourth-order valence-corrected chi connectivity index (χ4v) is 3.75. The van der Waals surface area contributed by atoms with Crippen LogP contribution < -0.4 is 0 Å². The van der Waals surface area contributed by atoms with Crippen molar-refractivity contribution in [3.8, 4) is 0 Å². The molecule has 0 N–H and O–H groups in total. The van der Waals surface area contributed by atoms with E-state index in [-0.39, 0.29) is 0 Å². The van der Waals surface area contributed by atoms with Crippen LogP contribution in [0.2, 0.25) is 0 Å². The van der Waals surface area contributed by atoms with Gasteiger partial charge in [-0.2, -0.15) is 0 Å². The van der Waals surface area contributed by atoms with E-state index in [1.807, 2.05) is 38.1 Å². The Hall–Kier alpha value is -1.82. The van der Waals surface area contributed by atoms with E-state index >= 15 is 0 Å². The van der Waals surface area contributed by atoms with Crippen LogP contribution in [0.4, 0.5) is 0 Å². The first kappa shape index (κ1) is 41.3. The maximum atomic E-state index is 3.00. The smallest absolute Gasteiger partial charge is 0.0307 e. The highest BCUT2D eigenvalue weighted by Crippen LogP contribution is 2.16. The van der Waals surface area contributed by atoms with Gasteiger partial charge in [0.2, 0.25) is 0 Å². The highest BCUT2D eigenvalue weighted by Gasteiger charge is 2.01. The number of benzene rings is 2. The van der Waals surface area contributed by atoms with Crippen LogP contribution in [0.25, 0.3) is 0 Å². The number of hydrogen-bond acceptors (Lipinski definition) is 0. The number of aryl methyl sites for hydroxylation is 2. The van der Waals surface area contributed by atoms with Crippen LogP contribution in [-0.2, 0) is 6.42 Å². The molecule has 0 nitrogen and oxygen atoms in total. The molecule has 36 heavy (non-hydrogen) atoms. The van der Waals surface area contributed by atoms with Gasteiger partial charge in [-0.05, 0) is 30.7 Å². The SMILES string of the molecule is C=C.CC.CCCC(C)CCC.CCCC(CC)CCC.CCc1ccccc1.Cc1ccccc1. The molecule has 0 bridgehead atoms. The van der Waals surface area contributed by atoms with Gasteiger partial charge >= 0.3 is 0 Å². The Kier molecular flexibility index (Phi) is 43.3. The Morgan fingerprint density at radius 1 is 0.583 bits per heavy atom. The molecular formula is C36H66. The van der Waals surface area contributed by atoms with E-state index < -0.39 is 0 Å². The van der Waals surface area contributed by atoms with Gasteiger partial charge < -0.3 is 0 Å². The first-order valence-corrected chi connectivity index (χ1v) is 15.0. The average molecular weight is 499 g/mol. The lowest BCUT2D eigenvalue weighted by atomic mass is 9.96. The Morgan fingerprint density at radius 3 is 1.17 bits per heavy atom. The summed E-state index contributed by atoms with van der Waals surface area (Å²) in [5.74, 6) is 1.98. The molecule has 2 aromatic carbocycles. The van der Waals surface area contributed by atoms with Crippen LogP contribution in [0.3, 0.4) is 0 Å². The molecule has 210 valence electrons. The zero-order valence-corrected chi connectivity index (χ0v) is 26.4. The summed E-state index contributed by atoms with van der Waals surface area (Å²) in [5, 5.41) is 0. The Balaban J connectivity index is -0.000000181. The van der Waals surface area contributed by atoms with Gasteiger partial charge in [0.25, 0.3) is 0 Å². The zero-order chi connectivity index (χ0) is 28.5. The van der Waals surface area contributed by atoms with Gasteiger partial charge in [-0.15, -0.1) is 13.2 Å². The Morgan fingerprint density at radius 2 is 0.944 bits per heavy atom. The van der Waals surface area contributed by atoms with Crippen LogP contribution in [0.1, 0.15) is 131 Å². The van der Waals surface area contributed by atoms with Crippen molar-refractivity contribution < 1.29 is 0 Å². The molecule has 2 aromatic rings. The quantitative estimate of drug-likeness (QED) is 0.286. The molecule has 0 fully saturated rings. The predicted molar refractivity (Wildman–Crippen MR) is 172 cm³/mol. The predicted octanol–water partition coefficient (Wildman–Crippen LogP) is 12.9. The normalized spacial score (nSPS) is 9.00. The molecule has 0 heterocycles. The second-order valence-electron chi connectivity index (χ2n) is 9.03. The van der Waals surface area contributed by atoms with Crippen LogP contribution >= 0.6 is 0 Å². The molecule has 0 atom stereocenters. The molecule has 0 saturated heterocycles. The van der Waals surface area contributed by atoms with Gasteiger partial charge in [0, 0.05) is 0 Å².